The van der Waals surface area contributed by atoms with E-state index in [2.05, 4.69) is 11.4 Å². The van der Waals surface area contributed by atoms with E-state index < -0.39 is 0 Å². The summed E-state index contributed by atoms with van der Waals surface area (Å²) < 4.78 is 0. The molecule has 104 valence electrons. The van der Waals surface area contributed by atoms with Crippen molar-refractivity contribution in [2.75, 3.05) is 17.3 Å². The van der Waals surface area contributed by atoms with Gasteiger partial charge in [0.2, 0.25) is 0 Å². The van der Waals surface area contributed by atoms with Gasteiger partial charge in [-0.15, -0.1) is 23.1 Å². The standard InChI is InChI=1S/C14H21N3S2/c1-18-13-12(16)11(9-15)19-14(13)17-10-7-5-3-2-4-6-8-10/h10,17H,2-8,16H2,1H3. The molecule has 3 nitrogen and oxygen atoms in total. The molecule has 19 heavy (non-hydrogen) atoms. The number of hydrogen-bond donors (Lipinski definition) is 2. The molecule has 0 aromatic carbocycles. The number of anilines is 2. The molecule has 1 aliphatic rings. The molecule has 0 radical (unpaired) electrons. The third-order valence-electron chi connectivity index (χ3n) is 3.65. The maximum absolute atomic E-state index is 9.08. The highest BCUT2D eigenvalue weighted by Gasteiger charge is 2.18. The summed E-state index contributed by atoms with van der Waals surface area (Å²) in [6, 6.07) is 2.73. The highest BCUT2D eigenvalue weighted by atomic mass is 32.2. The largest absolute Gasteiger partial charge is 0.396 e. The smallest absolute Gasteiger partial charge is 0.131 e. The van der Waals surface area contributed by atoms with Crippen molar-refractivity contribution in [2.24, 2.45) is 0 Å². The van der Waals surface area contributed by atoms with Gasteiger partial charge >= 0.3 is 0 Å². The number of thioether (sulfide) groups is 1. The Kier molecular flexibility index (Phi) is 5.41. The number of nitriles is 1. The van der Waals surface area contributed by atoms with E-state index >= 15 is 0 Å². The lowest BCUT2D eigenvalue weighted by molar-refractivity contribution is 0.471. The van der Waals surface area contributed by atoms with E-state index in [1.165, 1.54) is 56.3 Å². The highest BCUT2D eigenvalue weighted by Crippen LogP contribution is 2.42. The van der Waals surface area contributed by atoms with E-state index in [1.807, 2.05) is 6.26 Å². The maximum Gasteiger partial charge on any atom is 0.131 e. The Hall–Kier alpha value is -0.860. The van der Waals surface area contributed by atoms with E-state index in [0.29, 0.717) is 16.6 Å². The Morgan fingerprint density at radius 3 is 2.47 bits per heavy atom. The third-order valence-corrected chi connectivity index (χ3v) is 5.65. The van der Waals surface area contributed by atoms with Crippen LogP contribution in [0.25, 0.3) is 0 Å². The zero-order valence-electron chi connectivity index (χ0n) is 11.4. The number of rotatable bonds is 3. The second-order valence-corrected chi connectivity index (χ2v) is 6.84. The van der Waals surface area contributed by atoms with Crippen molar-refractivity contribution in [3.63, 3.8) is 0 Å². The minimum atomic E-state index is 0.538. The Balaban J connectivity index is 2.11. The molecule has 3 N–H and O–H groups in total. The first-order valence-electron chi connectivity index (χ1n) is 6.89. The van der Waals surface area contributed by atoms with E-state index in [-0.39, 0.29) is 0 Å². The van der Waals surface area contributed by atoms with Crippen LogP contribution in [0.2, 0.25) is 0 Å². The maximum atomic E-state index is 9.08. The van der Waals surface area contributed by atoms with Crippen molar-refractivity contribution in [1.82, 2.24) is 0 Å². The number of nitrogens with zero attached hydrogens (tertiary/aromatic N) is 1. The summed E-state index contributed by atoms with van der Waals surface area (Å²) >= 11 is 3.13. The molecule has 0 unspecified atom stereocenters. The Labute approximate surface area is 123 Å². The Morgan fingerprint density at radius 1 is 1.26 bits per heavy atom. The number of nitrogens with two attached hydrogens (primary N) is 1. The number of hydrogen-bond acceptors (Lipinski definition) is 5. The van der Waals surface area contributed by atoms with Gasteiger partial charge in [0.25, 0.3) is 0 Å². The fourth-order valence-electron chi connectivity index (χ4n) is 2.60. The van der Waals surface area contributed by atoms with Crippen LogP contribution in [0.1, 0.15) is 49.8 Å². The van der Waals surface area contributed by atoms with Gasteiger partial charge in [-0.2, -0.15) is 5.26 Å². The minimum Gasteiger partial charge on any atom is -0.396 e. The molecule has 0 aliphatic heterocycles. The fraction of sp³-hybridized carbons (Fsp3) is 0.643. The van der Waals surface area contributed by atoms with Gasteiger partial charge in [0.1, 0.15) is 15.9 Å². The predicted octanol–water partition coefficient (Wildman–Crippen LogP) is 4.45. The summed E-state index contributed by atoms with van der Waals surface area (Å²) in [4.78, 5) is 1.68. The molecule has 1 heterocycles. The molecule has 0 atom stereocenters. The third kappa shape index (κ3) is 3.58. The molecular weight excluding hydrogens is 274 g/mol. The molecule has 0 spiro atoms. The number of nitrogens with one attached hydrogen (secondary N) is 1. The van der Waals surface area contributed by atoms with E-state index in [1.54, 1.807) is 11.8 Å². The van der Waals surface area contributed by atoms with Gasteiger partial charge < -0.3 is 11.1 Å². The molecule has 2 rings (SSSR count). The fourth-order valence-corrected chi connectivity index (χ4v) is 4.49. The normalized spacial score (nSPS) is 17.5. The van der Waals surface area contributed by atoms with Crippen LogP contribution in [0.4, 0.5) is 10.7 Å². The minimum absolute atomic E-state index is 0.538. The van der Waals surface area contributed by atoms with Crippen LogP contribution in [0.3, 0.4) is 0 Å². The van der Waals surface area contributed by atoms with Crippen molar-refractivity contribution in [3.05, 3.63) is 4.88 Å². The SMILES string of the molecule is CSc1c(NC2CCCCCCC2)sc(C#N)c1N. The summed E-state index contributed by atoms with van der Waals surface area (Å²) in [5.74, 6) is 0. The monoisotopic (exact) mass is 295 g/mol. The van der Waals surface area contributed by atoms with Gasteiger partial charge in [-0.3, -0.25) is 0 Å². The van der Waals surface area contributed by atoms with Crippen LogP contribution < -0.4 is 11.1 Å². The van der Waals surface area contributed by atoms with E-state index in [9.17, 15) is 0 Å². The van der Waals surface area contributed by atoms with Crippen LogP contribution in [-0.4, -0.2) is 12.3 Å². The summed E-state index contributed by atoms with van der Waals surface area (Å²) in [5, 5.41) is 13.8. The molecule has 1 aromatic rings. The molecular formula is C14H21N3S2. The van der Waals surface area contributed by atoms with Gasteiger partial charge in [0, 0.05) is 6.04 Å². The molecule has 1 fully saturated rings. The Morgan fingerprint density at radius 2 is 1.89 bits per heavy atom. The lowest BCUT2D eigenvalue weighted by Crippen LogP contribution is -2.20. The molecule has 1 saturated carbocycles. The van der Waals surface area contributed by atoms with Gasteiger partial charge in [-0.1, -0.05) is 32.1 Å². The van der Waals surface area contributed by atoms with Crippen molar-refractivity contribution < 1.29 is 0 Å². The topological polar surface area (TPSA) is 61.8 Å². The van der Waals surface area contributed by atoms with Crippen molar-refractivity contribution in [1.29, 1.82) is 5.26 Å². The lowest BCUT2D eigenvalue weighted by atomic mass is 9.97. The first kappa shape index (κ1) is 14.5. The van der Waals surface area contributed by atoms with Crippen LogP contribution in [-0.2, 0) is 0 Å². The average Bonchev–Trinajstić information content (AvgIpc) is 2.68. The summed E-state index contributed by atoms with van der Waals surface area (Å²) in [5.41, 5.74) is 6.66. The molecule has 0 amide bonds. The first-order chi connectivity index (χ1) is 9.26. The number of thiophene rings is 1. The second kappa shape index (κ2) is 7.06. The van der Waals surface area contributed by atoms with Gasteiger partial charge in [0.05, 0.1) is 10.6 Å². The van der Waals surface area contributed by atoms with Crippen LogP contribution in [0.5, 0.6) is 0 Å². The summed E-state index contributed by atoms with van der Waals surface area (Å²) in [7, 11) is 0. The van der Waals surface area contributed by atoms with Crippen molar-refractivity contribution in [2.45, 2.75) is 55.9 Å². The lowest BCUT2D eigenvalue weighted by Gasteiger charge is -2.21. The van der Waals surface area contributed by atoms with Crippen molar-refractivity contribution in [3.8, 4) is 6.07 Å². The first-order valence-corrected chi connectivity index (χ1v) is 8.93. The molecule has 1 aromatic heterocycles. The van der Waals surface area contributed by atoms with E-state index in [0.717, 1.165) is 9.90 Å². The molecule has 0 bridgehead atoms. The molecule has 0 saturated heterocycles. The van der Waals surface area contributed by atoms with Crippen molar-refractivity contribution >= 4 is 33.8 Å². The predicted molar refractivity (Wildman–Crippen MR) is 85.0 cm³/mol. The molecule has 5 heteroatoms. The van der Waals surface area contributed by atoms with Crippen LogP contribution >= 0.6 is 23.1 Å². The van der Waals surface area contributed by atoms with Crippen LogP contribution in [0, 0.1) is 11.3 Å². The molecule has 1 aliphatic carbocycles. The van der Waals surface area contributed by atoms with Crippen LogP contribution in [0.15, 0.2) is 4.90 Å². The summed E-state index contributed by atoms with van der Waals surface area (Å²) in [6.45, 7) is 0. The number of nitrogen functional groups attached to an aromatic ring is 1. The highest BCUT2D eigenvalue weighted by molar-refractivity contribution is 7.99. The zero-order chi connectivity index (χ0) is 13.7. The quantitative estimate of drug-likeness (QED) is 0.809. The average molecular weight is 295 g/mol. The van der Waals surface area contributed by atoms with Gasteiger partial charge in [0.15, 0.2) is 0 Å². The zero-order valence-corrected chi connectivity index (χ0v) is 13.0. The second-order valence-electron chi connectivity index (χ2n) is 5.01. The van der Waals surface area contributed by atoms with Gasteiger partial charge in [-0.05, 0) is 19.1 Å². The van der Waals surface area contributed by atoms with E-state index in [4.69, 9.17) is 11.0 Å². The van der Waals surface area contributed by atoms with Gasteiger partial charge in [-0.25, -0.2) is 0 Å². The summed E-state index contributed by atoms with van der Waals surface area (Å²) in [6.07, 6.45) is 11.2. The Bertz CT molecular complexity index is 454.